The fraction of sp³-hybridized carbons (Fsp3) is 0.500. The number of hydrogen-bond donors (Lipinski definition) is 0. The number of methoxy groups -OCH3 is 3. The molecule has 3 rings (SSSR count). The molecule has 0 aliphatic carbocycles. The second-order valence-electron chi connectivity index (χ2n) is 7.92. The highest BCUT2D eigenvalue weighted by Gasteiger charge is 2.30. The van der Waals surface area contributed by atoms with E-state index in [1.54, 1.807) is 33.1 Å². The Morgan fingerprint density at radius 3 is 2.29 bits per heavy atom. The van der Waals surface area contributed by atoms with Crippen molar-refractivity contribution in [3.8, 4) is 11.5 Å². The largest absolute Gasteiger partial charge is 0.496 e. The standard InChI is InChI=1S/C26H35NO6S/c1-5-6-7-8-13-27-21-9-11-23(30-3)19(16-28)25(21)34-26-20(17-33-18-32-15-14-29-2)24(31-4)12-10-22(26)27/h9-12,16H,5-8,13-15,17-18H2,1-4H3. The van der Waals surface area contributed by atoms with Crippen LogP contribution in [0.3, 0.4) is 0 Å². The average Bonchev–Trinajstić information content (AvgIpc) is 2.87. The lowest BCUT2D eigenvalue weighted by Crippen LogP contribution is -2.23. The van der Waals surface area contributed by atoms with Gasteiger partial charge in [0.1, 0.15) is 18.3 Å². The van der Waals surface area contributed by atoms with Gasteiger partial charge in [-0.3, -0.25) is 4.79 Å². The van der Waals surface area contributed by atoms with Crippen molar-refractivity contribution in [3.63, 3.8) is 0 Å². The lowest BCUT2D eigenvalue weighted by atomic mass is 10.1. The van der Waals surface area contributed by atoms with Gasteiger partial charge in [-0.25, -0.2) is 0 Å². The van der Waals surface area contributed by atoms with Crippen molar-refractivity contribution in [3.05, 3.63) is 35.4 Å². The Kier molecular flexibility index (Phi) is 10.5. The van der Waals surface area contributed by atoms with E-state index in [2.05, 4.69) is 17.9 Å². The number of aldehydes is 1. The Balaban J connectivity index is 1.98. The molecule has 2 aromatic rings. The van der Waals surface area contributed by atoms with Gasteiger partial charge in [-0.15, -0.1) is 0 Å². The third-order valence-electron chi connectivity index (χ3n) is 5.76. The van der Waals surface area contributed by atoms with Crippen molar-refractivity contribution in [1.82, 2.24) is 0 Å². The van der Waals surface area contributed by atoms with Crippen LogP contribution in [-0.4, -0.2) is 54.2 Å². The number of unbranched alkanes of at least 4 members (excludes halogenated alkanes) is 3. The normalized spacial score (nSPS) is 12.3. The summed E-state index contributed by atoms with van der Waals surface area (Å²) in [5.74, 6) is 1.32. The van der Waals surface area contributed by atoms with Crippen molar-refractivity contribution >= 4 is 29.4 Å². The van der Waals surface area contributed by atoms with E-state index in [-0.39, 0.29) is 6.79 Å². The summed E-state index contributed by atoms with van der Waals surface area (Å²) in [6.07, 6.45) is 5.48. The fourth-order valence-electron chi connectivity index (χ4n) is 4.00. The quantitative estimate of drug-likeness (QED) is 0.176. The van der Waals surface area contributed by atoms with Crippen LogP contribution in [0.5, 0.6) is 11.5 Å². The molecule has 34 heavy (non-hydrogen) atoms. The second kappa shape index (κ2) is 13.6. The maximum atomic E-state index is 12.1. The molecule has 0 radical (unpaired) electrons. The van der Waals surface area contributed by atoms with Gasteiger partial charge in [-0.1, -0.05) is 37.9 Å². The Morgan fingerprint density at radius 1 is 0.882 bits per heavy atom. The van der Waals surface area contributed by atoms with Crippen LogP contribution in [0, 0.1) is 0 Å². The maximum absolute atomic E-state index is 12.1. The topological polar surface area (TPSA) is 66.5 Å². The molecule has 1 heterocycles. The van der Waals surface area contributed by atoms with Gasteiger partial charge in [0.15, 0.2) is 6.29 Å². The van der Waals surface area contributed by atoms with Crippen LogP contribution in [0.4, 0.5) is 11.4 Å². The molecule has 0 bridgehead atoms. The third-order valence-corrected chi connectivity index (χ3v) is 7.05. The molecular weight excluding hydrogens is 454 g/mol. The SMILES string of the molecule is CCCCCCN1c2ccc(OC)c(C=O)c2Sc2c1ccc(OC)c2COCOCCOC. The number of anilines is 2. The fourth-order valence-corrected chi connectivity index (χ4v) is 5.32. The number of fused-ring (bicyclic) bond motifs is 2. The summed E-state index contributed by atoms with van der Waals surface area (Å²) >= 11 is 1.57. The molecule has 0 saturated carbocycles. The summed E-state index contributed by atoms with van der Waals surface area (Å²) in [7, 11) is 4.88. The molecule has 1 aliphatic rings. The van der Waals surface area contributed by atoms with Crippen LogP contribution >= 0.6 is 11.8 Å². The Labute approximate surface area is 206 Å². The highest BCUT2D eigenvalue weighted by atomic mass is 32.2. The average molecular weight is 490 g/mol. The highest BCUT2D eigenvalue weighted by molar-refractivity contribution is 8.00. The zero-order valence-electron chi connectivity index (χ0n) is 20.6. The molecule has 0 amide bonds. The Hall–Kier alpha value is -2.26. The molecular formula is C26H35NO6S. The minimum Gasteiger partial charge on any atom is -0.496 e. The first kappa shape index (κ1) is 26.3. The molecule has 1 aliphatic heterocycles. The van der Waals surface area contributed by atoms with E-state index in [9.17, 15) is 4.79 Å². The molecule has 0 N–H and O–H groups in total. The third kappa shape index (κ3) is 6.05. The summed E-state index contributed by atoms with van der Waals surface area (Å²) < 4.78 is 27.5. The van der Waals surface area contributed by atoms with Crippen LogP contribution in [-0.2, 0) is 20.8 Å². The molecule has 8 heteroatoms. The van der Waals surface area contributed by atoms with E-state index in [1.807, 2.05) is 18.2 Å². The summed E-state index contributed by atoms with van der Waals surface area (Å²) in [6, 6.07) is 7.99. The predicted molar refractivity (Wildman–Crippen MR) is 134 cm³/mol. The maximum Gasteiger partial charge on any atom is 0.155 e. The van der Waals surface area contributed by atoms with Gasteiger partial charge in [0.2, 0.25) is 0 Å². The number of nitrogens with zero attached hydrogens (tertiary/aromatic N) is 1. The second-order valence-corrected chi connectivity index (χ2v) is 8.94. The van der Waals surface area contributed by atoms with Crippen molar-refractivity contribution in [2.75, 3.05) is 52.8 Å². The van der Waals surface area contributed by atoms with Crippen molar-refractivity contribution in [2.45, 2.75) is 49.0 Å². The molecule has 2 aromatic carbocycles. The first-order valence-electron chi connectivity index (χ1n) is 11.7. The lowest BCUT2D eigenvalue weighted by molar-refractivity contribution is -0.0732. The summed E-state index contributed by atoms with van der Waals surface area (Å²) in [5, 5.41) is 0. The van der Waals surface area contributed by atoms with Gasteiger partial charge >= 0.3 is 0 Å². The minimum absolute atomic E-state index is 0.158. The predicted octanol–water partition coefficient (Wildman–Crippen LogP) is 5.84. The molecule has 0 spiro atoms. The van der Waals surface area contributed by atoms with Gasteiger partial charge in [0.05, 0.1) is 55.9 Å². The van der Waals surface area contributed by atoms with Crippen molar-refractivity contribution in [2.24, 2.45) is 0 Å². The van der Waals surface area contributed by atoms with E-state index < -0.39 is 0 Å². The first-order valence-corrected chi connectivity index (χ1v) is 12.5. The van der Waals surface area contributed by atoms with Crippen LogP contribution in [0.25, 0.3) is 0 Å². The van der Waals surface area contributed by atoms with Gasteiger partial charge in [0, 0.05) is 24.1 Å². The Morgan fingerprint density at radius 2 is 1.62 bits per heavy atom. The Bertz CT molecular complexity index is 951. The molecule has 7 nitrogen and oxygen atoms in total. The van der Waals surface area contributed by atoms with Gasteiger partial charge < -0.3 is 28.6 Å². The van der Waals surface area contributed by atoms with E-state index in [0.717, 1.165) is 58.2 Å². The minimum atomic E-state index is 0.158. The van der Waals surface area contributed by atoms with Crippen molar-refractivity contribution in [1.29, 1.82) is 0 Å². The van der Waals surface area contributed by atoms with E-state index >= 15 is 0 Å². The van der Waals surface area contributed by atoms with Crippen LogP contribution in [0.1, 0.15) is 48.5 Å². The van der Waals surface area contributed by atoms with Crippen molar-refractivity contribution < 1.29 is 28.5 Å². The monoisotopic (exact) mass is 489 g/mol. The smallest absolute Gasteiger partial charge is 0.155 e. The number of carbonyl (C=O) groups is 1. The first-order chi connectivity index (χ1) is 16.7. The van der Waals surface area contributed by atoms with E-state index in [1.165, 1.54) is 12.8 Å². The van der Waals surface area contributed by atoms with Crippen LogP contribution in [0.15, 0.2) is 34.1 Å². The summed E-state index contributed by atoms with van der Waals surface area (Å²) in [4.78, 5) is 16.3. The lowest BCUT2D eigenvalue weighted by Gasteiger charge is -2.35. The zero-order chi connectivity index (χ0) is 24.3. The molecule has 0 saturated heterocycles. The van der Waals surface area contributed by atoms with Gasteiger partial charge in [-0.2, -0.15) is 0 Å². The molecule has 0 fully saturated rings. The highest BCUT2D eigenvalue weighted by Crippen LogP contribution is 2.53. The number of rotatable bonds is 15. The number of ether oxygens (including phenoxy) is 5. The number of carbonyl (C=O) groups excluding carboxylic acids is 1. The van der Waals surface area contributed by atoms with E-state index in [0.29, 0.717) is 31.1 Å². The van der Waals surface area contributed by atoms with Crippen LogP contribution in [0.2, 0.25) is 0 Å². The summed E-state index contributed by atoms with van der Waals surface area (Å²) in [6.45, 7) is 4.54. The molecule has 0 aromatic heterocycles. The zero-order valence-corrected chi connectivity index (χ0v) is 21.4. The van der Waals surface area contributed by atoms with Crippen LogP contribution < -0.4 is 14.4 Å². The number of benzene rings is 2. The van der Waals surface area contributed by atoms with Gasteiger partial charge in [-0.05, 0) is 30.7 Å². The molecule has 0 unspecified atom stereocenters. The van der Waals surface area contributed by atoms with E-state index in [4.69, 9.17) is 23.7 Å². The summed E-state index contributed by atoms with van der Waals surface area (Å²) in [5.41, 5.74) is 3.61. The van der Waals surface area contributed by atoms with Gasteiger partial charge in [0.25, 0.3) is 0 Å². The molecule has 186 valence electrons. The molecule has 0 atom stereocenters. The number of hydrogen-bond acceptors (Lipinski definition) is 8.